The summed E-state index contributed by atoms with van der Waals surface area (Å²) in [4.78, 5) is 29.3. The fourth-order valence-electron chi connectivity index (χ4n) is 3.58. The minimum absolute atomic E-state index is 0.0230. The Labute approximate surface area is 176 Å². The fourth-order valence-corrected chi connectivity index (χ4v) is 3.83. The van der Waals surface area contributed by atoms with Crippen LogP contribution in [0.2, 0.25) is 10.0 Å². The summed E-state index contributed by atoms with van der Waals surface area (Å²) in [5.74, 6) is 0.151. The fraction of sp³-hybridized carbons (Fsp3) is 0.364. The van der Waals surface area contributed by atoms with Gasteiger partial charge in [0.2, 0.25) is 11.8 Å². The van der Waals surface area contributed by atoms with Crippen LogP contribution >= 0.6 is 23.2 Å². The van der Waals surface area contributed by atoms with Gasteiger partial charge in [-0.1, -0.05) is 47.5 Å². The summed E-state index contributed by atoms with van der Waals surface area (Å²) in [5.41, 5.74) is 1.88. The van der Waals surface area contributed by atoms with E-state index >= 15 is 0 Å². The highest BCUT2D eigenvalue weighted by molar-refractivity contribution is 6.30. The lowest BCUT2D eigenvalue weighted by molar-refractivity contribution is -0.145. The molecule has 1 aliphatic rings. The quantitative estimate of drug-likeness (QED) is 0.745. The zero-order valence-corrected chi connectivity index (χ0v) is 17.6. The van der Waals surface area contributed by atoms with E-state index in [0.717, 1.165) is 11.1 Å². The Morgan fingerprint density at radius 3 is 1.39 bits per heavy atom. The summed E-state index contributed by atoms with van der Waals surface area (Å²) >= 11 is 11.8. The largest absolute Gasteiger partial charge is 0.336 e. The first-order chi connectivity index (χ1) is 13.3. The molecule has 0 bridgehead atoms. The molecule has 0 aromatic heterocycles. The van der Waals surface area contributed by atoms with E-state index in [2.05, 4.69) is 0 Å². The van der Waals surface area contributed by atoms with E-state index in [4.69, 9.17) is 23.2 Å². The highest BCUT2D eigenvalue weighted by Gasteiger charge is 2.34. The first-order valence-electron chi connectivity index (χ1n) is 9.41. The van der Waals surface area contributed by atoms with Gasteiger partial charge in [0.1, 0.15) is 0 Å². The van der Waals surface area contributed by atoms with Gasteiger partial charge in [0.15, 0.2) is 0 Å². The SMILES string of the molecule is C[C@@H]1CN(C(=O)Cc2ccc(Cl)cc2)[C@@H](C)CN1C(=O)Cc1ccc(Cl)cc1. The standard InChI is InChI=1S/C22H24Cl2N2O2/c1-15-13-26(22(28)12-18-5-9-20(24)10-6-18)16(2)14-25(15)21(27)11-17-3-7-19(23)8-4-17/h3-10,15-16H,11-14H2,1-2H3/t15-,16+. The van der Waals surface area contributed by atoms with Gasteiger partial charge in [-0.3, -0.25) is 9.59 Å². The van der Waals surface area contributed by atoms with E-state index < -0.39 is 0 Å². The zero-order chi connectivity index (χ0) is 20.3. The molecule has 0 N–H and O–H groups in total. The van der Waals surface area contributed by atoms with E-state index in [9.17, 15) is 9.59 Å². The van der Waals surface area contributed by atoms with E-state index in [1.165, 1.54) is 0 Å². The van der Waals surface area contributed by atoms with Gasteiger partial charge in [-0.05, 0) is 49.2 Å². The predicted octanol–water partition coefficient (Wildman–Crippen LogP) is 4.23. The van der Waals surface area contributed by atoms with Crippen LogP contribution in [0.15, 0.2) is 48.5 Å². The summed E-state index contributed by atoms with van der Waals surface area (Å²) in [6.45, 7) is 5.07. The van der Waals surface area contributed by atoms with Crippen LogP contribution in [-0.2, 0) is 22.4 Å². The first kappa shape index (κ1) is 20.7. The molecule has 0 unspecified atom stereocenters. The number of rotatable bonds is 4. The molecule has 4 nitrogen and oxygen atoms in total. The van der Waals surface area contributed by atoms with Crippen molar-refractivity contribution in [2.45, 2.75) is 38.8 Å². The molecule has 0 saturated carbocycles. The van der Waals surface area contributed by atoms with Crippen molar-refractivity contribution in [1.29, 1.82) is 0 Å². The maximum Gasteiger partial charge on any atom is 0.227 e. The molecule has 2 aromatic carbocycles. The molecule has 3 rings (SSSR count). The average molecular weight is 419 g/mol. The molecule has 28 heavy (non-hydrogen) atoms. The van der Waals surface area contributed by atoms with Gasteiger partial charge >= 0.3 is 0 Å². The number of amides is 2. The minimum atomic E-state index is -0.0230. The molecular weight excluding hydrogens is 395 g/mol. The Morgan fingerprint density at radius 2 is 1.07 bits per heavy atom. The molecule has 1 saturated heterocycles. The lowest BCUT2D eigenvalue weighted by Crippen LogP contribution is -2.60. The lowest BCUT2D eigenvalue weighted by atomic mass is 10.0. The maximum atomic E-state index is 12.8. The van der Waals surface area contributed by atoms with E-state index in [1.807, 2.05) is 47.9 Å². The monoisotopic (exact) mass is 418 g/mol. The van der Waals surface area contributed by atoms with Crippen molar-refractivity contribution in [1.82, 2.24) is 9.80 Å². The summed E-state index contributed by atoms with van der Waals surface area (Å²) in [5, 5.41) is 1.32. The van der Waals surface area contributed by atoms with E-state index in [1.54, 1.807) is 24.3 Å². The van der Waals surface area contributed by atoms with Crippen molar-refractivity contribution in [2.75, 3.05) is 13.1 Å². The lowest BCUT2D eigenvalue weighted by Gasteiger charge is -2.44. The Kier molecular flexibility index (Phi) is 6.63. The molecule has 0 radical (unpaired) electrons. The second-order valence-corrected chi connectivity index (χ2v) is 8.27. The van der Waals surface area contributed by atoms with Gasteiger partial charge in [0.05, 0.1) is 12.8 Å². The third-order valence-electron chi connectivity index (χ3n) is 5.16. The van der Waals surface area contributed by atoms with Gasteiger partial charge in [-0.2, -0.15) is 0 Å². The van der Waals surface area contributed by atoms with Crippen LogP contribution < -0.4 is 0 Å². The third-order valence-corrected chi connectivity index (χ3v) is 5.67. The first-order valence-corrected chi connectivity index (χ1v) is 10.2. The van der Waals surface area contributed by atoms with E-state index in [0.29, 0.717) is 36.0 Å². The molecule has 2 amide bonds. The highest BCUT2D eigenvalue weighted by Crippen LogP contribution is 2.19. The minimum Gasteiger partial charge on any atom is -0.336 e. The predicted molar refractivity (Wildman–Crippen MR) is 113 cm³/mol. The van der Waals surface area contributed by atoms with Crippen molar-refractivity contribution < 1.29 is 9.59 Å². The van der Waals surface area contributed by atoms with Gasteiger partial charge < -0.3 is 9.80 Å². The molecular formula is C22H24Cl2N2O2. The van der Waals surface area contributed by atoms with Gasteiger partial charge in [-0.25, -0.2) is 0 Å². The molecule has 2 aromatic rings. The van der Waals surface area contributed by atoms with E-state index in [-0.39, 0.29) is 23.9 Å². The van der Waals surface area contributed by atoms with Crippen molar-refractivity contribution in [3.05, 3.63) is 69.7 Å². The summed E-state index contributed by atoms with van der Waals surface area (Å²) in [6.07, 6.45) is 0.680. The number of hydrogen-bond acceptors (Lipinski definition) is 2. The number of piperazine rings is 1. The Bertz CT molecular complexity index is 765. The van der Waals surface area contributed by atoms with Crippen LogP contribution in [0.25, 0.3) is 0 Å². The van der Waals surface area contributed by atoms with Crippen LogP contribution in [-0.4, -0.2) is 46.8 Å². The number of carbonyl (C=O) groups is 2. The van der Waals surface area contributed by atoms with Crippen LogP contribution in [0.5, 0.6) is 0 Å². The van der Waals surface area contributed by atoms with Crippen molar-refractivity contribution in [2.24, 2.45) is 0 Å². The molecule has 1 heterocycles. The topological polar surface area (TPSA) is 40.6 Å². The normalized spacial score (nSPS) is 19.6. The molecule has 0 aliphatic carbocycles. The Hall–Kier alpha value is -2.04. The van der Waals surface area contributed by atoms with Crippen LogP contribution in [0.3, 0.4) is 0 Å². The molecule has 1 aliphatic heterocycles. The number of halogens is 2. The second kappa shape index (κ2) is 8.97. The van der Waals surface area contributed by atoms with Crippen LogP contribution in [0.1, 0.15) is 25.0 Å². The number of benzene rings is 2. The van der Waals surface area contributed by atoms with Crippen molar-refractivity contribution in [3.63, 3.8) is 0 Å². The maximum absolute atomic E-state index is 12.8. The summed E-state index contributed by atoms with van der Waals surface area (Å²) in [7, 11) is 0. The highest BCUT2D eigenvalue weighted by atomic mass is 35.5. The third kappa shape index (κ3) is 5.06. The summed E-state index contributed by atoms with van der Waals surface area (Å²) in [6, 6.07) is 14.6. The molecule has 2 atom stereocenters. The average Bonchev–Trinajstić information content (AvgIpc) is 2.66. The van der Waals surface area contributed by atoms with Crippen molar-refractivity contribution in [3.8, 4) is 0 Å². The number of hydrogen-bond donors (Lipinski definition) is 0. The van der Waals surface area contributed by atoms with Gasteiger partial charge in [-0.15, -0.1) is 0 Å². The Balaban J connectivity index is 1.61. The van der Waals surface area contributed by atoms with Gasteiger partial charge in [0.25, 0.3) is 0 Å². The van der Waals surface area contributed by atoms with Crippen LogP contribution in [0.4, 0.5) is 0 Å². The smallest absolute Gasteiger partial charge is 0.227 e. The van der Waals surface area contributed by atoms with Gasteiger partial charge in [0, 0.05) is 35.2 Å². The number of carbonyl (C=O) groups excluding carboxylic acids is 2. The second-order valence-electron chi connectivity index (χ2n) is 7.40. The van der Waals surface area contributed by atoms with Crippen LogP contribution in [0, 0.1) is 0 Å². The number of nitrogens with zero attached hydrogens (tertiary/aromatic N) is 2. The summed E-state index contributed by atoms with van der Waals surface area (Å²) < 4.78 is 0. The Morgan fingerprint density at radius 1 is 0.750 bits per heavy atom. The van der Waals surface area contributed by atoms with Crippen molar-refractivity contribution >= 4 is 35.0 Å². The molecule has 148 valence electrons. The zero-order valence-electron chi connectivity index (χ0n) is 16.1. The molecule has 0 spiro atoms. The molecule has 1 fully saturated rings. The molecule has 6 heteroatoms.